The first-order valence-corrected chi connectivity index (χ1v) is 10.3. The largest absolute Gasteiger partial charge is 0.466 e. The van der Waals surface area contributed by atoms with Crippen LogP contribution in [0.5, 0.6) is 0 Å². The molecule has 0 aliphatic carbocycles. The number of nitrogens with one attached hydrogen (secondary N) is 1. The number of benzene rings is 1. The van der Waals surface area contributed by atoms with Crippen LogP contribution < -0.4 is 4.72 Å². The number of aliphatic hydroxyl groups is 1. The molecule has 3 aromatic rings. The van der Waals surface area contributed by atoms with E-state index >= 15 is 0 Å². The molecule has 1 unspecified atom stereocenters. The molecule has 0 radical (unpaired) electrons. The number of hydrogen-bond acceptors (Lipinski definition) is 5. The van der Waals surface area contributed by atoms with Gasteiger partial charge in [-0.2, -0.15) is 0 Å². The van der Waals surface area contributed by atoms with Crippen molar-refractivity contribution in [2.75, 3.05) is 6.54 Å². The zero-order valence-corrected chi connectivity index (χ0v) is 15.4. The van der Waals surface area contributed by atoms with Gasteiger partial charge in [0.1, 0.15) is 5.76 Å². The Labute approximate surface area is 154 Å². The lowest BCUT2D eigenvalue weighted by Gasteiger charge is -2.25. The fraction of sp³-hybridized carbons (Fsp3) is 0.176. The fourth-order valence-corrected chi connectivity index (χ4v) is 4.63. The van der Waals surface area contributed by atoms with Crippen LogP contribution in [0.15, 0.2) is 64.6 Å². The van der Waals surface area contributed by atoms with Gasteiger partial charge in [0, 0.05) is 9.90 Å². The highest BCUT2D eigenvalue weighted by atomic mass is 35.5. The smallest absolute Gasteiger partial charge is 0.215 e. The predicted molar refractivity (Wildman–Crippen MR) is 98.1 cm³/mol. The Hall–Kier alpha value is -1.64. The van der Waals surface area contributed by atoms with E-state index in [-0.39, 0.29) is 18.1 Å². The van der Waals surface area contributed by atoms with E-state index in [1.54, 1.807) is 48.5 Å². The van der Waals surface area contributed by atoms with Gasteiger partial charge in [0.25, 0.3) is 0 Å². The number of sulfonamides is 1. The second-order valence-electron chi connectivity index (χ2n) is 5.52. The highest BCUT2D eigenvalue weighted by Crippen LogP contribution is 2.32. The lowest BCUT2D eigenvalue weighted by atomic mass is 9.99. The van der Waals surface area contributed by atoms with Crippen molar-refractivity contribution in [2.24, 2.45) is 0 Å². The van der Waals surface area contributed by atoms with Crippen molar-refractivity contribution in [1.82, 2.24) is 4.72 Å². The van der Waals surface area contributed by atoms with Gasteiger partial charge in [-0.1, -0.05) is 29.8 Å². The molecule has 2 heterocycles. The minimum Gasteiger partial charge on any atom is -0.466 e. The molecule has 5 nitrogen and oxygen atoms in total. The number of thiophene rings is 1. The Bertz CT molecular complexity index is 887. The van der Waals surface area contributed by atoms with Crippen LogP contribution in [0.1, 0.15) is 16.2 Å². The third-order valence-corrected chi connectivity index (χ3v) is 6.20. The van der Waals surface area contributed by atoms with E-state index in [0.717, 1.165) is 0 Å². The SMILES string of the molecule is O=S(=O)(Cc1cccc(Cl)c1)NCC(O)(c1ccco1)c1cccs1. The van der Waals surface area contributed by atoms with E-state index in [2.05, 4.69) is 4.72 Å². The summed E-state index contributed by atoms with van der Waals surface area (Å²) in [6.07, 6.45) is 1.44. The summed E-state index contributed by atoms with van der Waals surface area (Å²) in [4.78, 5) is 0.591. The molecule has 1 aromatic carbocycles. The maximum atomic E-state index is 12.4. The summed E-state index contributed by atoms with van der Waals surface area (Å²) in [5, 5.41) is 13.4. The van der Waals surface area contributed by atoms with Gasteiger partial charge < -0.3 is 9.52 Å². The van der Waals surface area contributed by atoms with Crippen molar-refractivity contribution in [3.63, 3.8) is 0 Å². The average molecular weight is 398 g/mol. The van der Waals surface area contributed by atoms with Crippen LogP contribution in [0.3, 0.4) is 0 Å². The Morgan fingerprint density at radius 1 is 1.20 bits per heavy atom. The van der Waals surface area contributed by atoms with E-state index in [1.807, 2.05) is 5.38 Å². The molecule has 0 saturated heterocycles. The van der Waals surface area contributed by atoms with Gasteiger partial charge in [0.05, 0.1) is 18.6 Å². The van der Waals surface area contributed by atoms with Crippen molar-refractivity contribution < 1.29 is 17.9 Å². The molecule has 0 fully saturated rings. The van der Waals surface area contributed by atoms with Crippen LogP contribution in [-0.4, -0.2) is 20.1 Å². The molecule has 3 rings (SSSR count). The van der Waals surface area contributed by atoms with Gasteiger partial charge in [0.2, 0.25) is 10.0 Å². The first-order chi connectivity index (χ1) is 11.9. The molecule has 0 bridgehead atoms. The van der Waals surface area contributed by atoms with Crippen LogP contribution in [-0.2, 0) is 21.4 Å². The van der Waals surface area contributed by atoms with Crippen LogP contribution >= 0.6 is 22.9 Å². The number of halogens is 1. The van der Waals surface area contributed by atoms with Crippen LogP contribution in [0.2, 0.25) is 5.02 Å². The molecule has 132 valence electrons. The molecular weight excluding hydrogens is 382 g/mol. The minimum absolute atomic E-state index is 0.230. The third-order valence-electron chi connectivity index (χ3n) is 3.65. The van der Waals surface area contributed by atoms with Gasteiger partial charge in [-0.3, -0.25) is 0 Å². The maximum Gasteiger partial charge on any atom is 0.215 e. The first-order valence-electron chi connectivity index (χ1n) is 7.41. The fourth-order valence-electron chi connectivity index (χ4n) is 2.44. The highest BCUT2D eigenvalue weighted by molar-refractivity contribution is 7.88. The molecule has 0 saturated carbocycles. The zero-order chi connectivity index (χ0) is 17.9. The molecule has 25 heavy (non-hydrogen) atoms. The van der Waals surface area contributed by atoms with E-state index < -0.39 is 15.6 Å². The van der Waals surface area contributed by atoms with Crippen molar-refractivity contribution in [3.8, 4) is 0 Å². The monoisotopic (exact) mass is 397 g/mol. The molecule has 0 spiro atoms. The van der Waals surface area contributed by atoms with Crippen molar-refractivity contribution in [1.29, 1.82) is 0 Å². The summed E-state index contributed by atoms with van der Waals surface area (Å²) < 4.78 is 32.6. The lowest BCUT2D eigenvalue weighted by Crippen LogP contribution is -2.41. The Morgan fingerprint density at radius 3 is 2.68 bits per heavy atom. The number of hydrogen-bond donors (Lipinski definition) is 2. The minimum atomic E-state index is -3.67. The van der Waals surface area contributed by atoms with E-state index in [9.17, 15) is 13.5 Å². The quantitative estimate of drug-likeness (QED) is 0.640. The van der Waals surface area contributed by atoms with Crippen LogP contribution in [0, 0.1) is 0 Å². The van der Waals surface area contributed by atoms with Gasteiger partial charge in [-0.25, -0.2) is 13.1 Å². The number of rotatable bonds is 7. The Balaban J connectivity index is 1.79. The Morgan fingerprint density at radius 2 is 2.04 bits per heavy atom. The summed E-state index contributed by atoms with van der Waals surface area (Å²) in [7, 11) is -3.67. The van der Waals surface area contributed by atoms with Crippen molar-refractivity contribution in [2.45, 2.75) is 11.4 Å². The second kappa shape index (κ2) is 7.31. The molecule has 8 heteroatoms. The van der Waals surface area contributed by atoms with Gasteiger partial charge in [-0.15, -0.1) is 11.3 Å². The molecule has 0 aliphatic heterocycles. The van der Waals surface area contributed by atoms with Gasteiger partial charge in [-0.05, 0) is 41.3 Å². The number of furan rings is 1. The van der Waals surface area contributed by atoms with Crippen LogP contribution in [0.25, 0.3) is 0 Å². The van der Waals surface area contributed by atoms with Gasteiger partial charge >= 0.3 is 0 Å². The van der Waals surface area contributed by atoms with E-state index in [4.69, 9.17) is 16.0 Å². The average Bonchev–Trinajstić information content (AvgIpc) is 3.26. The van der Waals surface area contributed by atoms with E-state index in [1.165, 1.54) is 17.6 Å². The summed E-state index contributed by atoms with van der Waals surface area (Å²) in [5.41, 5.74) is -1.00. The molecule has 2 N–H and O–H groups in total. The summed E-state index contributed by atoms with van der Waals surface area (Å²) in [5.74, 6) is 0.0482. The molecular formula is C17H16ClNO4S2. The highest BCUT2D eigenvalue weighted by Gasteiger charge is 2.36. The zero-order valence-electron chi connectivity index (χ0n) is 13.1. The van der Waals surface area contributed by atoms with Crippen molar-refractivity contribution >= 4 is 33.0 Å². The standard InChI is InChI=1S/C17H16ClNO4S2/c18-14-5-1-4-13(10-14)11-25(21,22)19-12-17(20,15-6-2-8-23-15)16-7-3-9-24-16/h1-10,19-20H,11-12H2. The summed E-state index contributed by atoms with van der Waals surface area (Å²) in [6, 6.07) is 13.4. The third kappa shape index (κ3) is 4.31. The maximum absolute atomic E-state index is 12.4. The Kier molecular flexibility index (Phi) is 5.31. The van der Waals surface area contributed by atoms with Crippen molar-refractivity contribution in [3.05, 3.63) is 81.4 Å². The first kappa shape index (κ1) is 18.2. The van der Waals surface area contributed by atoms with E-state index in [0.29, 0.717) is 15.5 Å². The molecule has 2 aromatic heterocycles. The summed E-state index contributed by atoms with van der Waals surface area (Å²) >= 11 is 7.21. The lowest BCUT2D eigenvalue weighted by molar-refractivity contribution is 0.0655. The normalized spacial score (nSPS) is 14.3. The van der Waals surface area contributed by atoms with Crippen LogP contribution in [0.4, 0.5) is 0 Å². The topological polar surface area (TPSA) is 79.5 Å². The molecule has 1 atom stereocenters. The summed E-state index contributed by atoms with van der Waals surface area (Å²) in [6.45, 7) is -0.232. The molecule has 0 aliphatic rings. The predicted octanol–water partition coefficient (Wildman–Crippen LogP) is 3.35. The molecule has 0 amide bonds. The van der Waals surface area contributed by atoms with Gasteiger partial charge in [0.15, 0.2) is 5.60 Å². The second-order valence-corrected chi connectivity index (χ2v) is 8.72.